The lowest BCUT2D eigenvalue weighted by molar-refractivity contribution is 0.356. The number of rotatable bonds is 4. The van der Waals surface area contributed by atoms with Gasteiger partial charge in [-0.25, -0.2) is 0 Å². The van der Waals surface area contributed by atoms with Gasteiger partial charge in [0.15, 0.2) is 0 Å². The van der Waals surface area contributed by atoms with Gasteiger partial charge in [-0.3, -0.25) is 0 Å². The first-order valence-electron chi connectivity index (χ1n) is 5.38. The summed E-state index contributed by atoms with van der Waals surface area (Å²) in [5, 5.41) is 0. The SMILES string of the molecule is COc1ccc2c(c1CCCN)CCO2. The summed E-state index contributed by atoms with van der Waals surface area (Å²) in [6, 6.07) is 3.98. The van der Waals surface area contributed by atoms with Crippen molar-refractivity contribution < 1.29 is 9.47 Å². The normalized spacial score (nSPS) is 13.5. The van der Waals surface area contributed by atoms with Gasteiger partial charge in [-0.15, -0.1) is 0 Å². The largest absolute Gasteiger partial charge is 0.496 e. The summed E-state index contributed by atoms with van der Waals surface area (Å²) >= 11 is 0. The average Bonchev–Trinajstić information content (AvgIpc) is 2.73. The quantitative estimate of drug-likeness (QED) is 0.814. The molecule has 2 rings (SSSR count). The number of benzene rings is 1. The lowest BCUT2D eigenvalue weighted by Gasteiger charge is -2.11. The molecule has 1 aliphatic rings. The van der Waals surface area contributed by atoms with Gasteiger partial charge in [0.25, 0.3) is 0 Å². The Balaban J connectivity index is 2.34. The van der Waals surface area contributed by atoms with Crippen molar-refractivity contribution >= 4 is 0 Å². The Kier molecular flexibility index (Phi) is 3.11. The minimum absolute atomic E-state index is 0.716. The van der Waals surface area contributed by atoms with Gasteiger partial charge >= 0.3 is 0 Å². The molecule has 15 heavy (non-hydrogen) atoms. The molecule has 1 aromatic rings. The Morgan fingerprint density at radius 3 is 3.07 bits per heavy atom. The summed E-state index contributed by atoms with van der Waals surface area (Å²) in [6.45, 7) is 1.51. The first-order chi connectivity index (χ1) is 7.36. The predicted molar refractivity (Wildman–Crippen MR) is 59.6 cm³/mol. The van der Waals surface area contributed by atoms with Crippen molar-refractivity contribution in [1.29, 1.82) is 0 Å². The highest BCUT2D eigenvalue weighted by atomic mass is 16.5. The molecule has 0 saturated heterocycles. The fourth-order valence-electron chi connectivity index (χ4n) is 2.07. The van der Waals surface area contributed by atoms with Gasteiger partial charge < -0.3 is 15.2 Å². The Bertz CT molecular complexity index is 350. The van der Waals surface area contributed by atoms with E-state index in [1.54, 1.807) is 7.11 Å². The molecule has 0 unspecified atom stereocenters. The molecule has 0 bridgehead atoms. The van der Waals surface area contributed by atoms with Crippen molar-refractivity contribution in [2.45, 2.75) is 19.3 Å². The molecular weight excluding hydrogens is 190 g/mol. The Morgan fingerprint density at radius 1 is 1.47 bits per heavy atom. The van der Waals surface area contributed by atoms with Crippen molar-refractivity contribution in [3.63, 3.8) is 0 Å². The van der Waals surface area contributed by atoms with E-state index in [0.29, 0.717) is 6.54 Å². The standard InChI is InChI=1S/C12H17NO2/c1-14-11-4-5-12-10(6-8-15-12)9(11)3-2-7-13/h4-5H,2-3,6-8,13H2,1H3. The van der Waals surface area contributed by atoms with Crippen LogP contribution in [-0.4, -0.2) is 20.3 Å². The van der Waals surface area contributed by atoms with E-state index < -0.39 is 0 Å². The van der Waals surface area contributed by atoms with Crippen molar-refractivity contribution in [3.05, 3.63) is 23.3 Å². The molecule has 0 aliphatic carbocycles. The molecular formula is C12H17NO2. The maximum Gasteiger partial charge on any atom is 0.123 e. The number of ether oxygens (including phenoxy) is 2. The van der Waals surface area contributed by atoms with Crippen LogP contribution >= 0.6 is 0 Å². The highest BCUT2D eigenvalue weighted by Gasteiger charge is 2.18. The fraction of sp³-hybridized carbons (Fsp3) is 0.500. The molecule has 0 atom stereocenters. The summed E-state index contributed by atoms with van der Waals surface area (Å²) in [7, 11) is 1.71. The Hall–Kier alpha value is -1.22. The Labute approximate surface area is 90.2 Å². The molecule has 0 saturated carbocycles. The molecule has 0 spiro atoms. The van der Waals surface area contributed by atoms with Crippen LogP contribution in [0.3, 0.4) is 0 Å². The molecule has 1 aliphatic heterocycles. The summed E-state index contributed by atoms with van der Waals surface area (Å²) < 4.78 is 10.9. The minimum atomic E-state index is 0.716. The van der Waals surface area contributed by atoms with Gasteiger partial charge in [0, 0.05) is 17.5 Å². The van der Waals surface area contributed by atoms with Gasteiger partial charge in [0.05, 0.1) is 13.7 Å². The number of nitrogens with two attached hydrogens (primary N) is 1. The molecule has 2 N–H and O–H groups in total. The molecule has 3 nitrogen and oxygen atoms in total. The predicted octanol–water partition coefficient (Wildman–Crippen LogP) is 1.52. The van der Waals surface area contributed by atoms with Crippen LogP contribution in [0.25, 0.3) is 0 Å². The molecule has 1 aromatic carbocycles. The highest BCUT2D eigenvalue weighted by Crippen LogP contribution is 2.35. The molecule has 1 heterocycles. The summed E-state index contributed by atoms with van der Waals surface area (Å²) in [6.07, 6.45) is 2.96. The van der Waals surface area contributed by atoms with Crippen LogP contribution in [0.1, 0.15) is 17.5 Å². The minimum Gasteiger partial charge on any atom is -0.496 e. The monoisotopic (exact) mass is 207 g/mol. The second-order valence-corrected chi connectivity index (χ2v) is 3.71. The lowest BCUT2D eigenvalue weighted by Crippen LogP contribution is -2.03. The first kappa shape index (κ1) is 10.3. The van der Waals surface area contributed by atoms with E-state index in [4.69, 9.17) is 15.2 Å². The van der Waals surface area contributed by atoms with Crippen LogP contribution in [0.5, 0.6) is 11.5 Å². The number of hydrogen-bond donors (Lipinski definition) is 1. The van der Waals surface area contributed by atoms with Crippen LogP contribution in [0.4, 0.5) is 0 Å². The van der Waals surface area contributed by atoms with Gasteiger partial charge in [-0.05, 0) is 31.5 Å². The number of methoxy groups -OCH3 is 1. The van der Waals surface area contributed by atoms with Gasteiger partial charge in [-0.2, -0.15) is 0 Å². The van der Waals surface area contributed by atoms with Crippen LogP contribution < -0.4 is 15.2 Å². The highest BCUT2D eigenvalue weighted by molar-refractivity contribution is 5.50. The smallest absolute Gasteiger partial charge is 0.123 e. The van der Waals surface area contributed by atoms with Gasteiger partial charge in [-0.1, -0.05) is 0 Å². The third-order valence-corrected chi connectivity index (χ3v) is 2.81. The topological polar surface area (TPSA) is 44.5 Å². The fourth-order valence-corrected chi connectivity index (χ4v) is 2.07. The molecule has 3 heteroatoms. The molecule has 82 valence electrons. The first-order valence-corrected chi connectivity index (χ1v) is 5.38. The van der Waals surface area contributed by atoms with Gasteiger partial charge in [0.2, 0.25) is 0 Å². The zero-order valence-electron chi connectivity index (χ0n) is 9.08. The van der Waals surface area contributed by atoms with E-state index >= 15 is 0 Å². The average molecular weight is 207 g/mol. The van der Waals surface area contributed by atoms with E-state index in [0.717, 1.165) is 37.4 Å². The number of fused-ring (bicyclic) bond motifs is 1. The maximum atomic E-state index is 5.54. The van der Waals surface area contributed by atoms with Crippen LogP contribution in [-0.2, 0) is 12.8 Å². The van der Waals surface area contributed by atoms with Gasteiger partial charge in [0.1, 0.15) is 11.5 Å². The van der Waals surface area contributed by atoms with E-state index in [-0.39, 0.29) is 0 Å². The van der Waals surface area contributed by atoms with E-state index in [1.165, 1.54) is 11.1 Å². The van der Waals surface area contributed by atoms with Crippen LogP contribution in [0.2, 0.25) is 0 Å². The zero-order valence-corrected chi connectivity index (χ0v) is 9.08. The van der Waals surface area contributed by atoms with Crippen molar-refractivity contribution in [2.75, 3.05) is 20.3 Å². The molecule has 0 amide bonds. The van der Waals surface area contributed by atoms with Crippen molar-refractivity contribution in [3.8, 4) is 11.5 Å². The maximum absolute atomic E-state index is 5.54. The summed E-state index contributed by atoms with van der Waals surface area (Å²) in [5.41, 5.74) is 8.13. The third kappa shape index (κ3) is 1.92. The van der Waals surface area contributed by atoms with Crippen LogP contribution in [0.15, 0.2) is 12.1 Å². The van der Waals surface area contributed by atoms with Crippen LogP contribution in [0, 0.1) is 0 Å². The zero-order chi connectivity index (χ0) is 10.7. The Morgan fingerprint density at radius 2 is 2.33 bits per heavy atom. The second-order valence-electron chi connectivity index (χ2n) is 3.71. The van der Waals surface area contributed by atoms with Crippen molar-refractivity contribution in [1.82, 2.24) is 0 Å². The molecule has 0 fully saturated rings. The van der Waals surface area contributed by atoms with E-state index in [9.17, 15) is 0 Å². The third-order valence-electron chi connectivity index (χ3n) is 2.81. The van der Waals surface area contributed by atoms with E-state index in [2.05, 4.69) is 0 Å². The summed E-state index contributed by atoms with van der Waals surface area (Å²) in [4.78, 5) is 0. The number of hydrogen-bond acceptors (Lipinski definition) is 3. The second kappa shape index (κ2) is 4.53. The molecule has 0 radical (unpaired) electrons. The van der Waals surface area contributed by atoms with E-state index in [1.807, 2.05) is 12.1 Å². The summed E-state index contributed by atoms with van der Waals surface area (Å²) in [5.74, 6) is 1.98. The lowest BCUT2D eigenvalue weighted by atomic mass is 9.99. The molecule has 0 aromatic heterocycles. The van der Waals surface area contributed by atoms with Crippen molar-refractivity contribution in [2.24, 2.45) is 5.73 Å².